The molecule has 4 bridgehead atoms. The predicted octanol–water partition coefficient (Wildman–Crippen LogP) is 2.99. The zero-order chi connectivity index (χ0) is 8.18. The molecular weight excluding hydrogens is 148 g/mol. The van der Waals surface area contributed by atoms with Gasteiger partial charge in [0.15, 0.2) is 0 Å². The van der Waals surface area contributed by atoms with Gasteiger partial charge in [-0.3, -0.25) is 0 Å². The Balaban J connectivity index is 1.95. The molecule has 4 rings (SSSR count). The quantitative estimate of drug-likeness (QED) is 0.578. The van der Waals surface area contributed by atoms with E-state index in [2.05, 4.69) is 5.11 Å². The van der Waals surface area contributed by atoms with Crippen molar-refractivity contribution in [1.82, 2.24) is 0 Å². The molecule has 1 N–H and O–H groups in total. The van der Waals surface area contributed by atoms with Gasteiger partial charge in [0.2, 0.25) is 0 Å². The SMILES string of the molecule is N=NC12CC3CC(CC(C3)C1)C2. The van der Waals surface area contributed by atoms with Crippen LogP contribution in [0.3, 0.4) is 0 Å². The van der Waals surface area contributed by atoms with Crippen LogP contribution in [0.4, 0.5) is 0 Å². The second-order valence-electron chi connectivity index (χ2n) is 5.25. The highest BCUT2D eigenvalue weighted by Gasteiger charge is 2.51. The van der Waals surface area contributed by atoms with Crippen LogP contribution in [0.1, 0.15) is 38.5 Å². The number of rotatable bonds is 1. The first-order valence-corrected chi connectivity index (χ1v) is 5.18. The van der Waals surface area contributed by atoms with Crippen molar-refractivity contribution in [2.75, 3.05) is 0 Å². The number of hydrogen-bond acceptors (Lipinski definition) is 2. The molecule has 4 fully saturated rings. The summed E-state index contributed by atoms with van der Waals surface area (Å²) in [7, 11) is 0. The first-order valence-electron chi connectivity index (χ1n) is 5.18. The fraction of sp³-hybridized carbons (Fsp3) is 1.00. The van der Waals surface area contributed by atoms with Crippen molar-refractivity contribution in [3.63, 3.8) is 0 Å². The van der Waals surface area contributed by atoms with Crippen molar-refractivity contribution < 1.29 is 0 Å². The van der Waals surface area contributed by atoms with Gasteiger partial charge in [-0.15, -0.1) is 0 Å². The third kappa shape index (κ3) is 0.810. The van der Waals surface area contributed by atoms with Gasteiger partial charge in [-0.05, 0) is 56.3 Å². The van der Waals surface area contributed by atoms with Crippen molar-refractivity contribution in [2.24, 2.45) is 22.9 Å². The normalized spacial score (nSPS) is 55.8. The summed E-state index contributed by atoms with van der Waals surface area (Å²) in [5, 5.41) is 3.93. The summed E-state index contributed by atoms with van der Waals surface area (Å²) in [6.45, 7) is 0. The Morgan fingerprint density at radius 3 is 1.67 bits per heavy atom. The minimum atomic E-state index is 0.134. The van der Waals surface area contributed by atoms with E-state index in [1.54, 1.807) is 0 Å². The molecule has 0 aliphatic heterocycles. The number of hydrogen-bond donors (Lipinski definition) is 1. The molecule has 0 aromatic heterocycles. The van der Waals surface area contributed by atoms with Crippen molar-refractivity contribution in [1.29, 1.82) is 5.53 Å². The lowest BCUT2D eigenvalue weighted by Gasteiger charge is -2.54. The number of nitrogens with one attached hydrogen (secondary N) is 1. The molecule has 0 aromatic rings. The molecule has 0 atom stereocenters. The summed E-state index contributed by atoms with van der Waals surface area (Å²) >= 11 is 0. The Bertz CT molecular complexity index is 187. The molecule has 0 amide bonds. The summed E-state index contributed by atoms with van der Waals surface area (Å²) < 4.78 is 0. The van der Waals surface area contributed by atoms with Gasteiger partial charge in [0.25, 0.3) is 0 Å². The van der Waals surface area contributed by atoms with Gasteiger partial charge in [-0.25, -0.2) is 5.53 Å². The minimum absolute atomic E-state index is 0.134. The lowest BCUT2D eigenvalue weighted by atomic mass is 9.53. The average Bonchev–Trinajstić information content (AvgIpc) is 2.02. The first-order chi connectivity index (χ1) is 5.80. The van der Waals surface area contributed by atoms with E-state index in [0.29, 0.717) is 0 Å². The molecule has 0 heterocycles. The maximum atomic E-state index is 7.30. The van der Waals surface area contributed by atoms with E-state index >= 15 is 0 Å². The highest BCUT2D eigenvalue weighted by atomic mass is 15.0. The van der Waals surface area contributed by atoms with Crippen LogP contribution in [0, 0.1) is 23.3 Å². The third-order valence-electron chi connectivity index (χ3n) is 4.24. The smallest absolute Gasteiger partial charge is 0.0821 e. The fourth-order valence-corrected chi connectivity index (χ4v) is 4.20. The Hall–Kier alpha value is -0.400. The van der Waals surface area contributed by atoms with Gasteiger partial charge in [-0.1, -0.05) is 0 Å². The van der Waals surface area contributed by atoms with Crippen LogP contribution < -0.4 is 0 Å². The molecule has 0 unspecified atom stereocenters. The molecule has 2 nitrogen and oxygen atoms in total. The van der Waals surface area contributed by atoms with Crippen LogP contribution in [0.5, 0.6) is 0 Å². The molecule has 0 spiro atoms. The zero-order valence-electron chi connectivity index (χ0n) is 7.42. The average molecular weight is 164 g/mol. The predicted molar refractivity (Wildman–Crippen MR) is 46.1 cm³/mol. The molecular formula is C10H16N2. The van der Waals surface area contributed by atoms with Crippen LogP contribution in [0.15, 0.2) is 5.11 Å². The molecule has 4 saturated carbocycles. The van der Waals surface area contributed by atoms with E-state index in [-0.39, 0.29) is 5.54 Å². The highest BCUT2D eigenvalue weighted by Crippen LogP contribution is 2.57. The maximum Gasteiger partial charge on any atom is 0.0821 e. The molecule has 2 heteroatoms. The van der Waals surface area contributed by atoms with Crippen LogP contribution in [-0.2, 0) is 0 Å². The lowest BCUT2D eigenvalue weighted by Crippen LogP contribution is -2.49. The van der Waals surface area contributed by atoms with E-state index in [0.717, 1.165) is 17.8 Å². The summed E-state index contributed by atoms with van der Waals surface area (Å²) in [4.78, 5) is 0. The summed E-state index contributed by atoms with van der Waals surface area (Å²) in [6, 6.07) is 0. The Labute approximate surface area is 73.2 Å². The molecule has 4 aliphatic rings. The van der Waals surface area contributed by atoms with Gasteiger partial charge in [0.1, 0.15) is 0 Å². The Morgan fingerprint density at radius 1 is 0.917 bits per heavy atom. The van der Waals surface area contributed by atoms with Gasteiger partial charge >= 0.3 is 0 Å². The molecule has 0 radical (unpaired) electrons. The minimum Gasteiger partial charge on any atom is -0.209 e. The monoisotopic (exact) mass is 164 g/mol. The van der Waals surface area contributed by atoms with E-state index in [9.17, 15) is 0 Å². The number of nitrogens with zero attached hydrogens (tertiary/aromatic N) is 1. The molecule has 0 aromatic carbocycles. The lowest BCUT2D eigenvalue weighted by molar-refractivity contribution is -0.00315. The Morgan fingerprint density at radius 2 is 1.33 bits per heavy atom. The van der Waals surface area contributed by atoms with Crippen molar-refractivity contribution in [3.05, 3.63) is 0 Å². The van der Waals surface area contributed by atoms with Crippen molar-refractivity contribution in [3.8, 4) is 0 Å². The fourth-order valence-electron chi connectivity index (χ4n) is 4.20. The van der Waals surface area contributed by atoms with E-state index < -0.39 is 0 Å². The Kier molecular flexibility index (Phi) is 1.23. The maximum absolute atomic E-state index is 7.30. The van der Waals surface area contributed by atoms with Crippen LogP contribution in [0.2, 0.25) is 0 Å². The van der Waals surface area contributed by atoms with Crippen molar-refractivity contribution >= 4 is 0 Å². The van der Waals surface area contributed by atoms with Crippen LogP contribution >= 0.6 is 0 Å². The van der Waals surface area contributed by atoms with Crippen molar-refractivity contribution in [2.45, 2.75) is 44.1 Å². The largest absolute Gasteiger partial charge is 0.209 e. The van der Waals surface area contributed by atoms with Gasteiger partial charge in [0.05, 0.1) is 5.54 Å². The topological polar surface area (TPSA) is 36.2 Å². The molecule has 12 heavy (non-hydrogen) atoms. The zero-order valence-corrected chi connectivity index (χ0v) is 7.42. The van der Waals surface area contributed by atoms with Gasteiger partial charge in [-0.2, -0.15) is 5.11 Å². The van der Waals surface area contributed by atoms with Gasteiger partial charge in [0, 0.05) is 0 Å². The highest BCUT2D eigenvalue weighted by molar-refractivity contribution is 5.05. The molecule has 66 valence electrons. The summed E-state index contributed by atoms with van der Waals surface area (Å²) in [5.41, 5.74) is 7.44. The van der Waals surface area contributed by atoms with E-state index in [4.69, 9.17) is 5.53 Å². The molecule has 0 saturated heterocycles. The van der Waals surface area contributed by atoms with E-state index in [1.807, 2.05) is 0 Å². The summed E-state index contributed by atoms with van der Waals surface area (Å²) in [5.74, 6) is 2.81. The van der Waals surface area contributed by atoms with Crippen LogP contribution in [-0.4, -0.2) is 5.54 Å². The third-order valence-corrected chi connectivity index (χ3v) is 4.24. The standard InChI is InChI=1S/C10H16N2/c11-12-10-4-7-1-8(5-10)3-9(2-7)6-10/h7-9,11H,1-6H2. The van der Waals surface area contributed by atoms with Crippen LogP contribution in [0.25, 0.3) is 0 Å². The second-order valence-corrected chi connectivity index (χ2v) is 5.25. The van der Waals surface area contributed by atoms with Gasteiger partial charge < -0.3 is 0 Å². The van der Waals surface area contributed by atoms with E-state index in [1.165, 1.54) is 38.5 Å². The first kappa shape index (κ1) is 7.05. The molecule has 4 aliphatic carbocycles. The second kappa shape index (κ2) is 2.09. The summed E-state index contributed by atoms with van der Waals surface area (Å²) in [6.07, 6.45) is 8.08.